The van der Waals surface area contributed by atoms with Crippen LogP contribution in [0.4, 0.5) is 16.2 Å². The van der Waals surface area contributed by atoms with Gasteiger partial charge in [0.15, 0.2) is 0 Å². The maximum Gasteiger partial charge on any atom is 0.414 e. The van der Waals surface area contributed by atoms with Crippen molar-refractivity contribution in [2.75, 3.05) is 23.4 Å². The van der Waals surface area contributed by atoms with Crippen molar-refractivity contribution >= 4 is 17.5 Å². The molecule has 1 aromatic carbocycles. The molecule has 1 N–H and O–H groups in total. The Balaban J connectivity index is 1.67. The van der Waals surface area contributed by atoms with E-state index in [9.17, 15) is 4.79 Å². The number of hydrogen-bond donors (Lipinski definition) is 1. The van der Waals surface area contributed by atoms with E-state index in [0.29, 0.717) is 19.2 Å². The van der Waals surface area contributed by atoms with Gasteiger partial charge in [0.2, 0.25) is 0 Å². The summed E-state index contributed by atoms with van der Waals surface area (Å²) in [6, 6.07) is 8.65. The molecular formula is C16H22N2O2. The van der Waals surface area contributed by atoms with Crippen LogP contribution in [0.1, 0.15) is 32.6 Å². The predicted molar refractivity (Wildman–Crippen MR) is 80.2 cm³/mol. The molecule has 1 saturated carbocycles. The Morgan fingerprint density at radius 2 is 2.30 bits per heavy atom. The topological polar surface area (TPSA) is 41.6 Å². The van der Waals surface area contributed by atoms with Gasteiger partial charge in [-0.1, -0.05) is 19.4 Å². The van der Waals surface area contributed by atoms with Gasteiger partial charge in [0.25, 0.3) is 0 Å². The Labute approximate surface area is 120 Å². The highest BCUT2D eigenvalue weighted by atomic mass is 16.6. The van der Waals surface area contributed by atoms with Crippen molar-refractivity contribution in [3.8, 4) is 0 Å². The zero-order chi connectivity index (χ0) is 13.9. The second kappa shape index (κ2) is 5.73. The second-order valence-electron chi connectivity index (χ2n) is 5.74. The SMILES string of the molecule is CCC1CCC(Nc2cccc(N3CCOC3=O)c2)C1. The summed E-state index contributed by atoms with van der Waals surface area (Å²) in [6.45, 7) is 3.40. The number of amides is 1. The van der Waals surface area contributed by atoms with Crippen LogP contribution in [0.15, 0.2) is 24.3 Å². The average Bonchev–Trinajstić information content (AvgIpc) is 3.08. The molecule has 2 unspecified atom stereocenters. The van der Waals surface area contributed by atoms with Gasteiger partial charge in [-0.05, 0) is 43.4 Å². The van der Waals surface area contributed by atoms with Crippen molar-refractivity contribution in [1.82, 2.24) is 0 Å². The first-order valence-electron chi connectivity index (χ1n) is 7.57. The van der Waals surface area contributed by atoms with Crippen LogP contribution in [0.5, 0.6) is 0 Å². The first-order chi connectivity index (χ1) is 9.76. The molecule has 108 valence electrons. The van der Waals surface area contributed by atoms with E-state index in [1.807, 2.05) is 18.2 Å². The van der Waals surface area contributed by atoms with Gasteiger partial charge in [-0.3, -0.25) is 4.90 Å². The molecule has 2 fully saturated rings. The maximum absolute atomic E-state index is 11.6. The van der Waals surface area contributed by atoms with Gasteiger partial charge in [0.05, 0.1) is 6.54 Å². The van der Waals surface area contributed by atoms with E-state index in [4.69, 9.17) is 4.74 Å². The molecule has 0 spiro atoms. The largest absolute Gasteiger partial charge is 0.447 e. The standard InChI is InChI=1S/C16H22N2O2/c1-2-12-6-7-14(10-12)17-13-4-3-5-15(11-13)18-8-9-20-16(18)19/h3-5,11-12,14,17H,2,6-10H2,1H3. The second-order valence-corrected chi connectivity index (χ2v) is 5.74. The third-order valence-electron chi connectivity index (χ3n) is 4.41. The van der Waals surface area contributed by atoms with Crippen LogP contribution in [-0.2, 0) is 4.74 Å². The van der Waals surface area contributed by atoms with E-state index in [0.717, 1.165) is 17.3 Å². The fourth-order valence-electron chi connectivity index (χ4n) is 3.20. The van der Waals surface area contributed by atoms with E-state index in [1.54, 1.807) is 4.90 Å². The maximum atomic E-state index is 11.6. The number of hydrogen-bond acceptors (Lipinski definition) is 3. The molecule has 1 aromatic rings. The van der Waals surface area contributed by atoms with Gasteiger partial charge in [0, 0.05) is 17.4 Å². The van der Waals surface area contributed by atoms with Crippen LogP contribution < -0.4 is 10.2 Å². The molecule has 1 heterocycles. The summed E-state index contributed by atoms with van der Waals surface area (Å²) in [5.74, 6) is 0.865. The predicted octanol–water partition coefficient (Wildman–Crippen LogP) is 3.63. The zero-order valence-corrected chi connectivity index (χ0v) is 12.0. The van der Waals surface area contributed by atoms with Gasteiger partial charge < -0.3 is 10.1 Å². The van der Waals surface area contributed by atoms with Crippen LogP contribution in [0.25, 0.3) is 0 Å². The van der Waals surface area contributed by atoms with Gasteiger partial charge >= 0.3 is 6.09 Å². The van der Waals surface area contributed by atoms with E-state index < -0.39 is 0 Å². The molecule has 1 saturated heterocycles. The lowest BCUT2D eigenvalue weighted by Crippen LogP contribution is -2.23. The molecule has 1 aliphatic heterocycles. The normalized spacial score (nSPS) is 25.9. The molecule has 2 atom stereocenters. The Hall–Kier alpha value is -1.71. The summed E-state index contributed by atoms with van der Waals surface area (Å²) < 4.78 is 4.99. The number of carbonyl (C=O) groups excluding carboxylic acids is 1. The van der Waals surface area contributed by atoms with Crippen LogP contribution in [0.3, 0.4) is 0 Å². The van der Waals surface area contributed by atoms with Crippen molar-refractivity contribution in [2.45, 2.75) is 38.6 Å². The van der Waals surface area contributed by atoms with E-state index in [1.165, 1.54) is 25.7 Å². The number of nitrogens with zero attached hydrogens (tertiary/aromatic N) is 1. The summed E-state index contributed by atoms with van der Waals surface area (Å²) >= 11 is 0. The lowest BCUT2D eigenvalue weighted by atomic mass is 10.1. The number of benzene rings is 1. The van der Waals surface area contributed by atoms with Gasteiger partial charge in [0.1, 0.15) is 6.61 Å². The zero-order valence-electron chi connectivity index (χ0n) is 12.0. The van der Waals surface area contributed by atoms with E-state index >= 15 is 0 Å². The van der Waals surface area contributed by atoms with Crippen molar-refractivity contribution in [3.05, 3.63) is 24.3 Å². The summed E-state index contributed by atoms with van der Waals surface area (Å²) in [7, 11) is 0. The highest BCUT2D eigenvalue weighted by Crippen LogP contribution is 2.31. The van der Waals surface area contributed by atoms with E-state index in [-0.39, 0.29) is 6.09 Å². The number of carbonyl (C=O) groups is 1. The molecule has 0 radical (unpaired) electrons. The number of rotatable bonds is 4. The molecule has 3 rings (SSSR count). The van der Waals surface area contributed by atoms with Crippen molar-refractivity contribution in [3.63, 3.8) is 0 Å². The smallest absolute Gasteiger partial charge is 0.414 e. The van der Waals surface area contributed by atoms with Crippen molar-refractivity contribution in [1.29, 1.82) is 0 Å². The summed E-state index contributed by atoms with van der Waals surface area (Å²) in [5, 5.41) is 3.61. The van der Waals surface area contributed by atoms with Gasteiger partial charge in [-0.15, -0.1) is 0 Å². The highest BCUT2D eigenvalue weighted by molar-refractivity contribution is 5.89. The quantitative estimate of drug-likeness (QED) is 0.911. The first kappa shape index (κ1) is 13.3. The molecular weight excluding hydrogens is 252 g/mol. The Morgan fingerprint density at radius 1 is 1.40 bits per heavy atom. The number of cyclic esters (lactones) is 1. The van der Waals surface area contributed by atoms with Gasteiger partial charge in [-0.2, -0.15) is 0 Å². The Morgan fingerprint density at radius 3 is 3.00 bits per heavy atom. The third-order valence-corrected chi connectivity index (χ3v) is 4.41. The molecule has 1 aliphatic carbocycles. The number of ether oxygens (including phenoxy) is 1. The molecule has 2 aliphatic rings. The molecule has 4 heteroatoms. The number of anilines is 2. The van der Waals surface area contributed by atoms with Crippen LogP contribution in [0, 0.1) is 5.92 Å². The Kier molecular flexibility index (Phi) is 3.81. The summed E-state index contributed by atoms with van der Waals surface area (Å²) in [5.41, 5.74) is 2.02. The molecule has 0 aromatic heterocycles. The summed E-state index contributed by atoms with van der Waals surface area (Å²) in [6.07, 6.45) is 4.86. The minimum atomic E-state index is -0.242. The lowest BCUT2D eigenvalue weighted by Gasteiger charge is -2.17. The third kappa shape index (κ3) is 2.74. The molecule has 0 bridgehead atoms. The highest BCUT2D eigenvalue weighted by Gasteiger charge is 2.25. The first-order valence-corrected chi connectivity index (χ1v) is 7.57. The fourth-order valence-corrected chi connectivity index (χ4v) is 3.20. The lowest BCUT2D eigenvalue weighted by molar-refractivity contribution is 0.181. The van der Waals surface area contributed by atoms with Crippen molar-refractivity contribution < 1.29 is 9.53 Å². The van der Waals surface area contributed by atoms with Crippen molar-refractivity contribution in [2.24, 2.45) is 5.92 Å². The van der Waals surface area contributed by atoms with Crippen LogP contribution >= 0.6 is 0 Å². The van der Waals surface area contributed by atoms with Crippen LogP contribution in [0.2, 0.25) is 0 Å². The monoisotopic (exact) mass is 274 g/mol. The molecule has 20 heavy (non-hydrogen) atoms. The van der Waals surface area contributed by atoms with Crippen LogP contribution in [-0.4, -0.2) is 25.3 Å². The average molecular weight is 274 g/mol. The Bertz CT molecular complexity index is 489. The van der Waals surface area contributed by atoms with Gasteiger partial charge in [-0.25, -0.2) is 4.79 Å². The van der Waals surface area contributed by atoms with E-state index in [2.05, 4.69) is 18.3 Å². The minimum Gasteiger partial charge on any atom is -0.447 e. The number of nitrogens with one attached hydrogen (secondary N) is 1. The molecule has 4 nitrogen and oxygen atoms in total. The summed E-state index contributed by atoms with van der Waals surface area (Å²) in [4.78, 5) is 13.3. The fraction of sp³-hybridized carbons (Fsp3) is 0.562. The molecule has 1 amide bonds. The minimum absolute atomic E-state index is 0.242.